The van der Waals surface area contributed by atoms with Crippen molar-refractivity contribution >= 4 is 23.4 Å². The fourth-order valence-corrected chi connectivity index (χ4v) is 7.79. The Morgan fingerprint density at radius 1 is 1.07 bits per heavy atom. The fourth-order valence-electron chi connectivity index (χ4n) is 7.79. The van der Waals surface area contributed by atoms with E-state index in [1.54, 1.807) is 26.9 Å². The predicted octanol–water partition coefficient (Wildman–Crippen LogP) is 2.09. The summed E-state index contributed by atoms with van der Waals surface area (Å²) in [6.07, 6.45) is 5.39. The number of anilines is 1. The number of hydrogen-bond acceptors (Lipinski definition) is 7. The molecule has 4 fully saturated rings. The van der Waals surface area contributed by atoms with Crippen LogP contribution in [0.4, 0.5) is 5.69 Å². The molecule has 0 saturated carbocycles. The number of fused-ring (bicyclic) bond motifs is 1. The molecule has 0 aromatic heterocycles. The Hall–Kier alpha value is -3.05. The second-order valence-electron chi connectivity index (χ2n) is 12.0. The van der Waals surface area contributed by atoms with E-state index in [-0.39, 0.29) is 37.4 Å². The van der Waals surface area contributed by atoms with Crippen LogP contribution in [0.15, 0.2) is 55.6 Å². The highest BCUT2D eigenvalue weighted by Crippen LogP contribution is 2.64. The third-order valence-corrected chi connectivity index (χ3v) is 9.83. The van der Waals surface area contributed by atoms with Gasteiger partial charge in [-0.3, -0.25) is 19.3 Å². The topological polar surface area (TPSA) is 103 Å². The van der Waals surface area contributed by atoms with Crippen LogP contribution in [0.1, 0.15) is 32.6 Å². The van der Waals surface area contributed by atoms with Crippen LogP contribution in [0.25, 0.3) is 0 Å². The van der Waals surface area contributed by atoms with Gasteiger partial charge in [0.1, 0.15) is 11.6 Å². The first-order valence-electron chi connectivity index (χ1n) is 15.7. The molecule has 5 atom stereocenters. The number of amides is 3. The van der Waals surface area contributed by atoms with Crippen LogP contribution in [-0.2, 0) is 23.9 Å². The van der Waals surface area contributed by atoms with Crippen molar-refractivity contribution in [3.05, 3.63) is 55.6 Å². The molecule has 10 nitrogen and oxygen atoms in total. The maximum absolute atomic E-state index is 14.6. The highest BCUT2D eigenvalue weighted by molar-refractivity contribution is 6.03. The van der Waals surface area contributed by atoms with Crippen LogP contribution in [0, 0.1) is 11.8 Å². The minimum atomic E-state index is -1.12. The first-order chi connectivity index (χ1) is 20.9. The van der Waals surface area contributed by atoms with E-state index in [9.17, 15) is 19.5 Å². The van der Waals surface area contributed by atoms with Crippen molar-refractivity contribution in [1.82, 2.24) is 14.7 Å². The van der Waals surface area contributed by atoms with Gasteiger partial charge in [-0.2, -0.15) is 0 Å². The molecule has 2 unspecified atom stereocenters. The van der Waals surface area contributed by atoms with E-state index in [0.29, 0.717) is 58.5 Å². The quantitative estimate of drug-likeness (QED) is 0.329. The van der Waals surface area contributed by atoms with Crippen molar-refractivity contribution in [2.45, 2.75) is 49.9 Å². The summed E-state index contributed by atoms with van der Waals surface area (Å²) in [6.45, 7) is 14.6. The Morgan fingerprint density at radius 3 is 2.44 bits per heavy atom. The number of hydrogen-bond donors (Lipinski definition) is 1. The summed E-state index contributed by atoms with van der Waals surface area (Å²) >= 11 is 0. The summed E-state index contributed by atoms with van der Waals surface area (Å²) in [5.41, 5.74) is -1.23. The van der Waals surface area contributed by atoms with Gasteiger partial charge in [0.15, 0.2) is 0 Å². The smallest absolute Gasteiger partial charge is 0.248 e. The number of carbonyl (C=O) groups excluding carboxylic acids is 3. The van der Waals surface area contributed by atoms with Gasteiger partial charge in [0.25, 0.3) is 0 Å². The number of para-hydroxylation sites is 1. The van der Waals surface area contributed by atoms with Crippen LogP contribution in [0.2, 0.25) is 0 Å². The van der Waals surface area contributed by atoms with Crippen molar-refractivity contribution in [2.24, 2.45) is 11.8 Å². The summed E-state index contributed by atoms with van der Waals surface area (Å²) in [4.78, 5) is 50.9. The number of likely N-dealkylation sites (tertiary alicyclic amines) is 1. The Kier molecular flexibility index (Phi) is 9.70. The average molecular weight is 595 g/mol. The van der Waals surface area contributed by atoms with E-state index in [2.05, 4.69) is 18.1 Å². The highest BCUT2D eigenvalue weighted by atomic mass is 16.5. The summed E-state index contributed by atoms with van der Waals surface area (Å²) in [5, 5.41) is 9.71. The van der Waals surface area contributed by atoms with E-state index >= 15 is 0 Å². The van der Waals surface area contributed by atoms with Crippen molar-refractivity contribution in [3.63, 3.8) is 0 Å². The largest absolute Gasteiger partial charge is 0.396 e. The maximum Gasteiger partial charge on any atom is 0.248 e. The van der Waals surface area contributed by atoms with Gasteiger partial charge < -0.3 is 29.3 Å². The van der Waals surface area contributed by atoms with Crippen molar-refractivity contribution in [2.75, 3.05) is 70.5 Å². The number of nitrogens with zero attached hydrogens (tertiary/aromatic N) is 4. The SMILES string of the molecule is C=CCN(CCN1CCOCC1)C(=O)C1N(CCCO)C(=O)[C@@H]2[C@@H](C(=O)N(CC=C)c3ccccc3)[C@@]3(CC)CCC12O3. The van der Waals surface area contributed by atoms with E-state index in [1.807, 2.05) is 37.3 Å². The second-order valence-corrected chi connectivity index (χ2v) is 12.0. The average Bonchev–Trinajstić information content (AvgIpc) is 3.64. The monoisotopic (exact) mass is 594 g/mol. The molecule has 43 heavy (non-hydrogen) atoms. The number of morpholine rings is 1. The summed E-state index contributed by atoms with van der Waals surface area (Å²) in [5.74, 6) is -2.14. The molecule has 3 amide bonds. The third-order valence-electron chi connectivity index (χ3n) is 9.83. The minimum Gasteiger partial charge on any atom is -0.396 e. The fraction of sp³-hybridized carbons (Fsp3) is 0.606. The molecule has 1 aromatic rings. The molecule has 4 aliphatic heterocycles. The third kappa shape index (κ3) is 5.54. The number of benzene rings is 1. The first-order valence-corrected chi connectivity index (χ1v) is 15.7. The van der Waals surface area contributed by atoms with Crippen molar-refractivity contribution in [3.8, 4) is 0 Å². The molecule has 0 aliphatic carbocycles. The zero-order valence-electron chi connectivity index (χ0n) is 25.4. The predicted molar refractivity (Wildman–Crippen MR) is 163 cm³/mol. The summed E-state index contributed by atoms with van der Waals surface area (Å²) in [6, 6.07) is 8.53. The standard InChI is InChI=1S/C33H46N4O6/c1-4-15-35(19-18-34-20-23-42-24-21-34)31(41)28-33-14-13-32(6-3,43-33)26(27(33)30(40)37(28)17-10-22-38)29(39)36(16-5-2)25-11-8-7-9-12-25/h4-5,7-9,11-12,26-28,38H,1-2,6,10,13-24H2,3H3/t26-,27-,28?,32+,33?/m0/s1. The highest BCUT2D eigenvalue weighted by Gasteiger charge is 2.79. The van der Waals surface area contributed by atoms with Gasteiger partial charge in [0.2, 0.25) is 17.7 Å². The lowest BCUT2D eigenvalue weighted by atomic mass is 9.64. The number of aliphatic hydroxyl groups is 1. The lowest BCUT2D eigenvalue weighted by Gasteiger charge is -2.37. The Balaban J connectivity index is 1.51. The van der Waals surface area contributed by atoms with E-state index < -0.39 is 29.1 Å². The molecule has 1 N–H and O–H groups in total. The van der Waals surface area contributed by atoms with Crippen molar-refractivity contribution in [1.29, 1.82) is 0 Å². The minimum absolute atomic E-state index is 0.112. The molecule has 234 valence electrons. The summed E-state index contributed by atoms with van der Waals surface area (Å²) in [7, 11) is 0. The van der Waals surface area contributed by atoms with Gasteiger partial charge in [0.05, 0.1) is 30.7 Å². The molecule has 2 bridgehead atoms. The zero-order valence-corrected chi connectivity index (χ0v) is 25.4. The van der Waals surface area contributed by atoms with Gasteiger partial charge in [-0.25, -0.2) is 0 Å². The molecule has 0 radical (unpaired) electrons. The van der Waals surface area contributed by atoms with Crippen molar-refractivity contribution < 1.29 is 29.0 Å². The van der Waals surface area contributed by atoms with E-state index in [0.717, 1.165) is 18.8 Å². The number of carbonyl (C=O) groups is 3. The molecule has 1 aromatic carbocycles. The first kappa shape index (κ1) is 31.4. The molecule has 5 rings (SSSR count). The van der Waals surface area contributed by atoms with Gasteiger partial charge >= 0.3 is 0 Å². The number of aliphatic hydroxyl groups excluding tert-OH is 1. The molecule has 4 aliphatic rings. The van der Waals surface area contributed by atoms with Gasteiger partial charge in [0, 0.05) is 58.1 Å². The molecule has 4 heterocycles. The van der Waals surface area contributed by atoms with Crippen LogP contribution < -0.4 is 4.90 Å². The lowest BCUT2D eigenvalue weighted by Crippen LogP contribution is -2.57. The molecular formula is C33H46N4O6. The molecule has 10 heteroatoms. The van der Waals surface area contributed by atoms with Crippen LogP contribution in [0.5, 0.6) is 0 Å². The second kappa shape index (κ2) is 13.3. The zero-order chi connectivity index (χ0) is 30.6. The molecule has 4 saturated heterocycles. The van der Waals surface area contributed by atoms with Crippen LogP contribution in [0.3, 0.4) is 0 Å². The number of rotatable bonds is 14. The lowest BCUT2D eigenvalue weighted by molar-refractivity contribution is -0.152. The van der Waals surface area contributed by atoms with Gasteiger partial charge in [-0.05, 0) is 37.8 Å². The normalized spacial score (nSPS) is 29.9. The summed E-state index contributed by atoms with van der Waals surface area (Å²) < 4.78 is 12.4. The maximum atomic E-state index is 14.6. The Bertz CT molecular complexity index is 1190. The number of ether oxygens (including phenoxy) is 2. The van der Waals surface area contributed by atoms with Crippen LogP contribution >= 0.6 is 0 Å². The van der Waals surface area contributed by atoms with Crippen LogP contribution in [-0.4, -0.2) is 120 Å². The molecule has 1 spiro atoms. The van der Waals surface area contributed by atoms with E-state index in [1.165, 1.54) is 0 Å². The van der Waals surface area contributed by atoms with Gasteiger partial charge in [-0.15, -0.1) is 13.2 Å². The van der Waals surface area contributed by atoms with Gasteiger partial charge in [-0.1, -0.05) is 37.3 Å². The van der Waals surface area contributed by atoms with E-state index in [4.69, 9.17) is 9.47 Å². The molecular weight excluding hydrogens is 548 g/mol. The Morgan fingerprint density at radius 2 is 1.79 bits per heavy atom. The Labute approximate surface area is 254 Å².